The predicted octanol–water partition coefficient (Wildman–Crippen LogP) is 3.13. The van der Waals surface area contributed by atoms with Gasteiger partial charge >= 0.3 is 0 Å². The second kappa shape index (κ2) is 8.94. The van der Waals surface area contributed by atoms with Crippen molar-refractivity contribution in [1.82, 2.24) is 0 Å². The Balaban J connectivity index is 4.04. The van der Waals surface area contributed by atoms with E-state index in [2.05, 4.69) is 0 Å². The molecule has 0 amide bonds. The molecule has 0 unspecified atom stereocenters. The zero-order chi connectivity index (χ0) is 11.5. The van der Waals surface area contributed by atoms with Crippen LogP contribution in [0.4, 0.5) is 0 Å². The van der Waals surface area contributed by atoms with Crippen molar-refractivity contribution in [2.75, 3.05) is 14.2 Å². The van der Waals surface area contributed by atoms with Crippen molar-refractivity contribution < 1.29 is 14.2 Å². The van der Waals surface area contributed by atoms with Gasteiger partial charge in [0.2, 0.25) is 0 Å². The minimum absolute atomic E-state index is 0.969. The van der Waals surface area contributed by atoms with Gasteiger partial charge in [0.15, 0.2) is 0 Å². The van der Waals surface area contributed by atoms with Crippen molar-refractivity contribution in [3.05, 3.63) is 48.3 Å². The standard InChI is InChI=1S/C12H18O3/c1-11(5-7-13-3)9-15-10-12(2)6-8-14-4/h5-10H,1-4H3/b7-5+,8-6+,11-9-,12-10+. The molecule has 3 nitrogen and oxygen atoms in total. The van der Waals surface area contributed by atoms with Gasteiger partial charge in [0.25, 0.3) is 0 Å². The molecule has 0 saturated heterocycles. The Bertz CT molecular complexity index is 245. The van der Waals surface area contributed by atoms with E-state index in [-0.39, 0.29) is 0 Å². The molecule has 0 atom stereocenters. The van der Waals surface area contributed by atoms with Crippen LogP contribution >= 0.6 is 0 Å². The molecule has 0 rings (SSSR count). The van der Waals surface area contributed by atoms with E-state index in [1.807, 2.05) is 26.0 Å². The number of hydrogen-bond acceptors (Lipinski definition) is 3. The largest absolute Gasteiger partial charge is 0.504 e. The Labute approximate surface area is 91.3 Å². The number of rotatable bonds is 6. The van der Waals surface area contributed by atoms with Crippen LogP contribution in [0.3, 0.4) is 0 Å². The van der Waals surface area contributed by atoms with Crippen molar-refractivity contribution in [1.29, 1.82) is 0 Å². The van der Waals surface area contributed by atoms with Gasteiger partial charge in [-0.25, -0.2) is 0 Å². The molecule has 15 heavy (non-hydrogen) atoms. The van der Waals surface area contributed by atoms with Gasteiger partial charge in [0.05, 0.1) is 39.3 Å². The Hall–Kier alpha value is -1.64. The molecule has 84 valence electrons. The highest BCUT2D eigenvalue weighted by atomic mass is 16.5. The van der Waals surface area contributed by atoms with E-state index in [9.17, 15) is 0 Å². The lowest BCUT2D eigenvalue weighted by Gasteiger charge is -1.95. The highest BCUT2D eigenvalue weighted by Crippen LogP contribution is 2.00. The van der Waals surface area contributed by atoms with Crippen LogP contribution in [-0.4, -0.2) is 14.2 Å². The molecule has 0 saturated carbocycles. The second-order valence-electron chi connectivity index (χ2n) is 2.94. The third-order valence-corrected chi connectivity index (χ3v) is 1.44. The summed E-state index contributed by atoms with van der Waals surface area (Å²) in [6.45, 7) is 3.84. The molecule has 0 aromatic carbocycles. The number of ether oxygens (including phenoxy) is 3. The molecule has 0 bridgehead atoms. The zero-order valence-electron chi connectivity index (χ0n) is 9.69. The van der Waals surface area contributed by atoms with Gasteiger partial charge in [0.1, 0.15) is 0 Å². The van der Waals surface area contributed by atoms with Gasteiger partial charge in [-0.2, -0.15) is 0 Å². The maximum Gasteiger partial charge on any atom is 0.0931 e. The summed E-state index contributed by atoms with van der Waals surface area (Å²) in [4.78, 5) is 0. The van der Waals surface area contributed by atoms with Crippen molar-refractivity contribution in [2.24, 2.45) is 0 Å². The molecule has 0 fully saturated rings. The van der Waals surface area contributed by atoms with Gasteiger partial charge in [-0.15, -0.1) is 0 Å². The fraction of sp³-hybridized carbons (Fsp3) is 0.333. The van der Waals surface area contributed by atoms with Crippen molar-refractivity contribution in [3.8, 4) is 0 Å². The van der Waals surface area contributed by atoms with Gasteiger partial charge < -0.3 is 14.2 Å². The van der Waals surface area contributed by atoms with E-state index < -0.39 is 0 Å². The summed E-state index contributed by atoms with van der Waals surface area (Å²) < 4.78 is 14.8. The van der Waals surface area contributed by atoms with Crippen molar-refractivity contribution in [3.63, 3.8) is 0 Å². The van der Waals surface area contributed by atoms with Crippen molar-refractivity contribution >= 4 is 0 Å². The minimum atomic E-state index is 0.969. The minimum Gasteiger partial charge on any atom is -0.504 e. The van der Waals surface area contributed by atoms with Gasteiger partial charge in [-0.1, -0.05) is 0 Å². The monoisotopic (exact) mass is 210 g/mol. The second-order valence-corrected chi connectivity index (χ2v) is 2.94. The molecule has 3 heteroatoms. The van der Waals surface area contributed by atoms with E-state index in [1.165, 1.54) is 0 Å². The summed E-state index contributed by atoms with van der Waals surface area (Å²) in [6.07, 6.45) is 10.1. The van der Waals surface area contributed by atoms with E-state index in [4.69, 9.17) is 14.2 Å². The first-order chi connectivity index (χ1) is 7.20. The van der Waals surface area contributed by atoms with Gasteiger partial charge in [-0.3, -0.25) is 0 Å². The Morgan fingerprint density at radius 2 is 1.20 bits per heavy atom. The molecule has 0 aromatic rings. The lowest BCUT2D eigenvalue weighted by Crippen LogP contribution is -1.76. The zero-order valence-corrected chi connectivity index (χ0v) is 9.69. The fourth-order valence-corrected chi connectivity index (χ4v) is 0.678. The molecule has 0 heterocycles. The average Bonchev–Trinajstić information content (AvgIpc) is 2.23. The predicted molar refractivity (Wildman–Crippen MR) is 60.9 cm³/mol. The maximum atomic E-state index is 5.21. The normalized spacial score (nSPS) is 13.6. The van der Waals surface area contributed by atoms with E-state index in [0.29, 0.717) is 0 Å². The number of hydrogen-bond donors (Lipinski definition) is 0. The molecule has 0 aliphatic rings. The first kappa shape index (κ1) is 13.4. The van der Waals surface area contributed by atoms with Crippen LogP contribution < -0.4 is 0 Å². The third-order valence-electron chi connectivity index (χ3n) is 1.44. The van der Waals surface area contributed by atoms with Crippen LogP contribution in [0.15, 0.2) is 48.3 Å². The molecular formula is C12H18O3. The van der Waals surface area contributed by atoms with Crippen LogP contribution in [0.5, 0.6) is 0 Å². The summed E-state index contributed by atoms with van der Waals surface area (Å²) in [5, 5.41) is 0. The summed E-state index contributed by atoms with van der Waals surface area (Å²) >= 11 is 0. The fourth-order valence-electron chi connectivity index (χ4n) is 0.678. The van der Waals surface area contributed by atoms with Crippen LogP contribution in [0, 0.1) is 0 Å². The van der Waals surface area contributed by atoms with Gasteiger partial charge in [0, 0.05) is 0 Å². The molecule has 0 N–H and O–H groups in total. The van der Waals surface area contributed by atoms with Crippen LogP contribution in [0.2, 0.25) is 0 Å². The molecule has 0 aliphatic heterocycles. The topological polar surface area (TPSA) is 27.7 Å². The third kappa shape index (κ3) is 8.68. The van der Waals surface area contributed by atoms with Crippen molar-refractivity contribution in [2.45, 2.75) is 13.8 Å². The van der Waals surface area contributed by atoms with E-state index >= 15 is 0 Å². The quantitative estimate of drug-likeness (QED) is 0.498. The molecule has 0 radical (unpaired) electrons. The Kier molecular flexibility index (Phi) is 7.96. The summed E-state index contributed by atoms with van der Waals surface area (Å²) in [5.74, 6) is 0. The molecule has 0 aliphatic carbocycles. The van der Waals surface area contributed by atoms with Gasteiger partial charge in [-0.05, 0) is 37.1 Å². The maximum absolute atomic E-state index is 5.21. The first-order valence-electron chi connectivity index (χ1n) is 4.58. The summed E-state index contributed by atoms with van der Waals surface area (Å²) in [5.41, 5.74) is 1.94. The summed E-state index contributed by atoms with van der Waals surface area (Å²) in [6, 6.07) is 0. The lowest BCUT2D eigenvalue weighted by atomic mass is 10.3. The van der Waals surface area contributed by atoms with Crippen LogP contribution in [-0.2, 0) is 14.2 Å². The number of allylic oxidation sites excluding steroid dienone is 4. The SMILES string of the molecule is CO/C=C/C(C)=C\O/C=C(C)/C=C/OC. The van der Waals surface area contributed by atoms with Crippen LogP contribution in [0.1, 0.15) is 13.8 Å². The smallest absolute Gasteiger partial charge is 0.0931 e. The van der Waals surface area contributed by atoms with Crippen LogP contribution in [0.25, 0.3) is 0 Å². The highest BCUT2D eigenvalue weighted by molar-refractivity contribution is 5.14. The Morgan fingerprint density at radius 3 is 1.53 bits per heavy atom. The molecular weight excluding hydrogens is 192 g/mol. The highest BCUT2D eigenvalue weighted by Gasteiger charge is 1.83. The molecule has 0 aromatic heterocycles. The number of methoxy groups -OCH3 is 2. The van der Waals surface area contributed by atoms with E-state index in [1.54, 1.807) is 39.3 Å². The van der Waals surface area contributed by atoms with E-state index in [0.717, 1.165) is 11.1 Å². The Morgan fingerprint density at radius 1 is 0.800 bits per heavy atom. The molecule has 0 spiro atoms. The summed E-state index contributed by atoms with van der Waals surface area (Å²) in [7, 11) is 3.20. The first-order valence-corrected chi connectivity index (χ1v) is 4.58. The lowest BCUT2D eigenvalue weighted by molar-refractivity contribution is 0.337. The average molecular weight is 210 g/mol.